The second kappa shape index (κ2) is 66.6. The monoisotopic (exact) mass is 1400 g/mol. The van der Waals surface area contributed by atoms with E-state index in [1.165, 1.54) is 199 Å². The van der Waals surface area contributed by atoms with Crippen LogP contribution in [0.3, 0.4) is 0 Å². The molecule has 6 atom stereocenters. The van der Waals surface area contributed by atoms with Crippen molar-refractivity contribution in [1.29, 1.82) is 0 Å². The summed E-state index contributed by atoms with van der Waals surface area (Å²) < 4.78 is 68.5. The Hall–Kier alpha value is -1.94. The second-order valence-corrected chi connectivity index (χ2v) is 31.5. The summed E-state index contributed by atoms with van der Waals surface area (Å²) >= 11 is 0. The largest absolute Gasteiger partial charge is 0.472 e. The van der Waals surface area contributed by atoms with Crippen LogP contribution >= 0.6 is 15.6 Å². The van der Waals surface area contributed by atoms with E-state index in [1.807, 2.05) is 0 Å². The first-order valence-electron chi connectivity index (χ1n) is 39.4. The lowest BCUT2D eigenvalue weighted by Crippen LogP contribution is -2.30. The summed E-state index contributed by atoms with van der Waals surface area (Å²) in [6.07, 6.45) is 52.6. The molecule has 3 unspecified atom stereocenters. The molecule has 0 amide bonds. The molecule has 95 heavy (non-hydrogen) atoms. The van der Waals surface area contributed by atoms with E-state index in [2.05, 4.69) is 48.5 Å². The summed E-state index contributed by atoms with van der Waals surface area (Å²) in [4.78, 5) is 72.8. The fourth-order valence-corrected chi connectivity index (χ4v) is 13.1. The summed E-state index contributed by atoms with van der Waals surface area (Å²) in [6, 6.07) is 0. The van der Waals surface area contributed by atoms with Gasteiger partial charge < -0.3 is 33.8 Å². The number of aliphatic hydroxyl groups is 1. The van der Waals surface area contributed by atoms with Crippen LogP contribution in [0.15, 0.2) is 0 Å². The summed E-state index contributed by atoms with van der Waals surface area (Å²) in [5, 5.41) is 10.6. The third-order valence-corrected chi connectivity index (χ3v) is 19.9. The van der Waals surface area contributed by atoms with Gasteiger partial charge in [0.25, 0.3) is 0 Å². The van der Waals surface area contributed by atoms with Gasteiger partial charge in [-0.15, -0.1) is 0 Å². The van der Waals surface area contributed by atoms with Crippen LogP contribution in [-0.2, 0) is 65.4 Å². The SMILES string of the molecule is CCCCCCCCCCCCC(=O)OC[C@H](COP(=O)(O)OC[C@H](O)COP(=O)(O)OC[C@@H](COC(=O)CCCCCCCCCCCCCC(C)C)OC(=O)CCCCCCCCCCCCCCCCCCC(C)C)OC(=O)CCCCCCCCCCC(C)CC. The van der Waals surface area contributed by atoms with Gasteiger partial charge in [-0.2, -0.15) is 0 Å². The van der Waals surface area contributed by atoms with Gasteiger partial charge >= 0.3 is 39.5 Å². The number of aliphatic hydroxyl groups excluding tert-OH is 1. The molecule has 3 N–H and O–H groups in total. The molecule has 19 heteroatoms. The Labute approximate surface area is 581 Å². The molecule has 0 aromatic rings. The summed E-state index contributed by atoms with van der Waals surface area (Å²) in [7, 11) is -9.91. The van der Waals surface area contributed by atoms with Crippen LogP contribution in [0.1, 0.15) is 389 Å². The highest BCUT2D eigenvalue weighted by molar-refractivity contribution is 7.47. The minimum absolute atomic E-state index is 0.105. The predicted molar refractivity (Wildman–Crippen MR) is 386 cm³/mol. The third kappa shape index (κ3) is 69.0. The molecule has 0 heterocycles. The van der Waals surface area contributed by atoms with Crippen molar-refractivity contribution in [3.8, 4) is 0 Å². The standard InChI is InChI=1S/C76H148O17P2/c1-8-10-11-12-13-14-28-36-43-50-57-73(78)86-64-72(93-76(81)60-53-46-39-32-31-35-42-49-56-69(7)9-2)66-91-95(84,85)89-62-70(77)61-88-94(82,83)90-65-71(63-87-74(79)58-51-44-37-29-25-21-23-27-34-41-48-55-68(5)6)92-75(80)59-52-45-38-30-24-20-18-16-15-17-19-22-26-33-40-47-54-67(3)4/h67-72,77H,8-66H2,1-7H3,(H,82,83)(H,84,85)/t69?,70-,71-,72-/m1/s1. The molecule has 0 aliphatic heterocycles. The quantitative estimate of drug-likeness (QED) is 0.0222. The number of hydrogen-bond donors (Lipinski definition) is 3. The lowest BCUT2D eigenvalue weighted by atomic mass is 9.99. The Bertz CT molecular complexity index is 1850. The molecular formula is C76H148O17P2. The zero-order chi connectivity index (χ0) is 70.1. The first-order chi connectivity index (χ1) is 45.8. The number of carbonyl (C=O) groups is 4. The maximum Gasteiger partial charge on any atom is 0.472 e. The molecule has 0 aromatic carbocycles. The minimum atomic E-state index is -4.96. The number of phosphoric acid groups is 2. The van der Waals surface area contributed by atoms with E-state index < -0.39 is 97.5 Å². The molecule has 0 saturated carbocycles. The maximum atomic E-state index is 13.1. The molecule has 0 radical (unpaired) electrons. The third-order valence-electron chi connectivity index (χ3n) is 18.0. The number of ether oxygens (including phenoxy) is 4. The molecule has 0 fully saturated rings. The molecule has 17 nitrogen and oxygen atoms in total. The highest BCUT2D eigenvalue weighted by Crippen LogP contribution is 2.45. The van der Waals surface area contributed by atoms with Crippen LogP contribution in [-0.4, -0.2) is 96.7 Å². The van der Waals surface area contributed by atoms with Gasteiger partial charge in [-0.25, -0.2) is 9.13 Å². The molecule has 564 valence electrons. The highest BCUT2D eigenvalue weighted by atomic mass is 31.2. The van der Waals surface area contributed by atoms with Crippen LogP contribution in [0.25, 0.3) is 0 Å². The topological polar surface area (TPSA) is 237 Å². The Morgan fingerprint density at radius 3 is 0.800 bits per heavy atom. The summed E-state index contributed by atoms with van der Waals surface area (Å²) in [6.45, 7) is 11.9. The van der Waals surface area contributed by atoms with E-state index >= 15 is 0 Å². The average molecular weight is 1400 g/mol. The number of rotatable bonds is 74. The van der Waals surface area contributed by atoms with Gasteiger partial charge in [-0.1, -0.05) is 337 Å². The summed E-state index contributed by atoms with van der Waals surface area (Å²) in [5.74, 6) is 0.231. The van der Waals surface area contributed by atoms with Crippen LogP contribution in [0.2, 0.25) is 0 Å². The zero-order valence-electron chi connectivity index (χ0n) is 62.1. The van der Waals surface area contributed by atoms with E-state index in [0.29, 0.717) is 25.7 Å². The normalized spacial score (nSPS) is 14.4. The van der Waals surface area contributed by atoms with Gasteiger partial charge in [0.05, 0.1) is 26.4 Å². The van der Waals surface area contributed by atoms with Crippen molar-refractivity contribution in [2.24, 2.45) is 17.8 Å². The summed E-state index contributed by atoms with van der Waals surface area (Å²) in [5.41, 5.74) is 0. The number of unbranched alkanes of at least 4 members (excludes halogenated alkanes) is 41. The molecule has 0 aliphatic rings. The fraction of sp³-hybridized carbons (Fsp3) is 0.947. The van der Waals surface area contributed by atoms with E-state index in [4.69, 9.17) is 37.0 Å². The van der Waals surface area contributed by atoms with E-state index in [1.54, 1.807) is 0 Å². The predicted octanol–water partition coefficient (Wildman–Crippen LogP) is 22.2. The zero-order valence-corrected chi connectivity index (χ0v) is 63.9. The van der Waals surface area contributed by atoms with Crippen LogP contribution in [0, 0.1) is 17.8 Å². The number of phosphoric ester groups is 2. The van der Waals surface area contributed by atoms with E-state index in [-0.39, 0.29) is 25.7 Å². The van der Waals surface area contributed by atoms with Gasteiger partial charge in [0.2, 0.25) is 0 Å². The maximum absolute atomic E-state index is 13.1. The van der Waals surface area contributed by atoms with E-state index in [9.17, 15) is 43.2 Å². The van der Waals surface area contributed by atoms with Crippen molar-refractivity contribution >= 4 is 39.5 Å². The Balaban J connectivity index is 5.24. The molecule has 0 aliphatic carbocycles. The number of hydrogen-bond acceptors (Lipinski definition) is 15. The minimum Gasteiger partial charge on any atom is -0.462 e. The van der Waals surface area contributed by atoms with Gasteiger partial charge in [-0.05, 0) is 43.4 Å². The van der Waals surface area contributed by atoms with Crippen molar-refractivity contribution in [3.63, 3.8) is 0 Å². The first kappa shape index (κ1) is 93.1. The van der Waals surface area contributed by atoms with Crippen molar-refractivity contribution in [1.82, 2.24) is 0 Å². The lowest BCUT2D eigenvalue weighted by Gasteiger charge is -2.21. The van der Waals surface area contributed by atoms with Gasteiger partial charge in [0.1, 0.15) is 19.3 Å². The Morgan fingerprint density at radius 2 is 0.537 bits per heavy atom. The highest BCUT2D eigenvalue weighted by Gasteiger charge is 2.30. The number of esters is 4. The van der Waals surface area contributed by atoms with Crippen molar-refractivity contribution in [2.45, 2.75) is 407 Å². The van der Waals surface area contributed by atoms with Crippen LogP contribution in [0.5, 0.6) is 0 Å². The van der Waals surface area contributed by atoms with Crippen molar-refractivity contribution < 1.29 is 80.2 Å². The van der Waals surface area contributed by atoms with Crippen LogP contribution in [0.4, 0.5) is 0 Å². The van der Waals surface area contributed by atoms with Gasteiger partial charge in [0.15, 0.2) is 12.2 Å². The Kier molecular flexibility index (Phi) is 65.2. The molecule has 0 rings (SSSR count). The molecular weight excluding hydrogens is 1250 g/mol. The lowest BCUT2D eigenvalue weighted by molar-refractivity contribution is -0.161. The van der Waals surface area contributed by atoms with Crippen molar-refractivity contribution in [3.05, 3.63) is 0 Å². The van der Waals surface area contributed by atoms with E-state index in [0.717, 1.165) is 108 Å². The smallest absolute Gasteiger partial charge is 0.462 e. The second-order valence-electron chi connectivity index (χ2n) is 28.6. The fourth-order valence-electron chi connectivity index (χ4n) is 11.6. The average Bonchev–Trinajstić information content (AvgIpc) is 1.73. The molecule has 0 aromatic heterocycles. The van der Waals surface area contributed by atoms with Crippen LogP contribution < -0.4 is 0 Å². The molecule has 0 bridgehead atoms. The van der Waals surface area contributed by atoms with Gasteiger partial charge in [0, 0.05) is 25.7 Å². The first-order valence-corrected chi connectivity index (χ1v) is 42.4. The molecule has 0 saturated heterocycles. The van der Waals surface area contributed by atoms with Crippen molar-refractivity contribution in [2.75, 3.05) is 39.6 Å². The van der Waals surface area contributed by atoms with Gasteiger partial charge in [-0.3, -0.25) is 37.3 Å². The molecule has 0 spiro atoms. The number of carbonyl (C=O) groups excluding carboxylic acids is 4. The Morgan fingerprint density at radius 1 is 0.305 bits per heavy atom.